The van der Waals surface area contributed by atoms with Gasteiger partial charge in [0.05, 0.1) is 19.2 Å². The molecule has 156 valence electrons. The molecule has 1 aromatic heterocycles. The number of amides is 1. The minimum atomic E-state index is -0.289. The van der Waals surface area contributed by atoms with Crippen molar-refractivity contribution in [1.82, 2.24) is 14.8 Å². The van der Waals surface area contributed by atoms with Crippen LogP contribution in [-0.2, 0) is 4.79 Å². The number of benzene rings is 2. The topological polar surface area (TPSA) is 81.1 Å². The molecule has 2 heterocycles. The zero-order valence-corrected chi connectivity index (χ0v) is 17.1. The van der Waals surface area contributed by atoms with E-state index in [-0.39, 0.29) is 35.7 Å². The van der Waals surface area contributed by atoms with Gasteiger partial charge in [0.15, 0.2) is 0 Å². The number of ether oxygens (including phenoxy) is 1. The first-order valence-corrected chi connectivity index (χ1v) is 9.88. The van der Waals surface area contributed by atoms with E-state index in [0.717, 1.165) is 16.9 Å². The van der Waals surface area contributed by atoms with Gasteiger partial charge in [0.2, 0.25) is 11.9 Å². The lowest BCUT2D eigenvalue weighted by Crippen LogP contribution is -2.28. The zero-order chi connectivity index (χ0) is 21.3. The van der Waals surface area contributed by atoms with Crippen LogP contribution in [0, 0.1) is 11.7 Å². The average Bonchev–Trinajstić information content (AvgIpc) is 3.16. The summed E-state index contributed by atoms with van der Waals surface area (Å²) < 4.78 is 20.5. The lowest BCUT2D eigenvalue weighted by molar-refractivity contribution is -0.118. The third-order valence-corrected chi connectivity index (χ3v) is 5.22. The van der Waals surface area contributed by atoms with Crippen LogP contribution in [0.4, 0.5) is 16.3 Å². The van der Waals surface area contributed by atoms with Crippen molar-refractivity contribution in [3.8, 4) is 5.75 Å². The third-order valence-electron chi connectivity index (χ3n) is 5.22. The molecule has 1 aliphatic rings. The smallest absolute Gasteiger partial charge is 0.250 e. The van der Waals surface area contributed by atoms with Gasteiger partial charge in [0, 0.05) is 5.92 Å². The molecule has 2 aromatic carbocycles. The first-order chi connectivity index (χ1) is 14.4. The average molecular weight is 409 g/mol. The highest BCUT2D eigenvalue weighted by atomic mass is 19.1. The predicted molar refractivity (Wildman–Crippen MR) is 112 cm³/mol. The fraction of sp³-hybridized carbons (Fsp3) is 0.318. The Morgan fingerprint density at radius 1 is 1.17 bits per heavy atom. The predicted octanol–water partition coefficient (Wildman–Crippen LogP) is 4.17. The van der Waals surface area contributed by atoms with Gasteiger partial charge in [-0.2, -0.15) is 4.98 Å². The van der Waals surface area contributed by atoms with Gasteiger partial charge in [-0.3, -0.25) is 10.1 Å². The van der Waals surface area contributed by atoms with Gasteiger partial charge in [-0.15, -0.1) is 5.10 Å². The molecule has 2 N–H and O–H groups in total. The Labute approximate surface area is 174 Å². The summed E-state index contributed by atoms with van der Waals surface area (Å²) in [5.41, 5.74) is 1.99. The number of nitrogens with zero attached hydrogens (tertiary/aromatic N) is 3. The monoisotopic (exact) mass is 409 g/mol. The van der Waals surface area contributed by atoms with Gasteiger partial charge in [-0.1, -0.05) is 38.1 Å². The number of nitrogens with one attached hydrogen (secondary N) is 2. The Bertz CT molecular complexity index is 1030. The summed E-state index contributed by atoms with van der Waals surface area (Å²) in [4.78, 5) is 16.6. The molecule has 30 heavy (non-hydrogen) atoms. The maximum absolute atomic E-state index is 13.5. The first-order valence-electron chi connectivity index (χ1n) is 9.88. The van der Waals surface area contributed by atoms with Crippen LogP contribution in [0.5, 0.6) is 5.75 Å². The van der Waals surface area contributed by atoms with Crippen LogP contribution in [0.25, 0.3) is 0 Å². The quantitative estimate of drug-likeness (QED) is 0.661. The Morgan fingerprint density at radius 2 is 1.83 bits per heavy atom. The molecule has 0 unspecified atom stereocenters. The number of halogens is 1. The van der Waals surface area contributed by atoms with Crippen LogP contribution < -0.4 is 15.4 Å². The molecule has 0 spiro atoms. The van der Waals surface area contributed by atoms with Crippen molar-refractivity contribution in [1.29, 1.82) is 0 Å². The second-order valence-electron chi connectivity index (χ2n) is 7.62. The number of rotatable bonds is 5. The Morgan fingerprint density at radius 3 is 2.47 bits per heavy atom. The van der Waals surface area contributed by atoms with E-state index in [2.05, 4.69) is 20.7 Å². The van der Waals surface area contributed by atoms with Crippen molar-refractivity contribution >= 4 is 17.8 Å². The van der Waals surface area contributed by atoms with Crippen molar-refractivity contribution in [3.63, 3.8) is 0 Å². The summed E-state index contributed by atoms with van der Waals surface area (Å²) in [5.74, 6) is 0.963. The minimum Gasteiger partial charge on any atom is -0.497 e. The molecule has 0 saturated heterocycles. The number of anilines is 2. The fourth-order valence-corrected chi connectivity index (χ4v) is 3.50. The van der Waals surface area contributed by atoms with E-state index in [0.29, 0.717) is 12.4 Å². The Balaban J connectivity index is 1.69. The number of hydrogen-bond acceptors (Lipinski definition) is 5. The molecule has 0 saturated carbocycles. The highest BCUT2D eigenvalue weighted by Crippen LogP contribution is 2.38. The molecule has 4 rings (SSSR count). The molecule has 7 nitrogen and oxygen atoms in total. The number of methoxy groups -OCH3 is 1. The molecular formula is C22H24FN5O2. The molecule has 1 aliphatic heterocycles. The molecule has 2 atom stereocenters. The van der Waals surface area contributed by atoms with Crippen LogP contribution in [-0.4, -0.2) is 27.8 Å². The molecule has 0 aliphatic carbocycles. The summed E-state index contributed by atoms with van der Waals surface area (Å²) >= 11 is 0. The number of carbonyl (C=O) groups excluding carboxylic acids is 1. The van der Waals surface area contributed by atoms with Gasteiger partial charge < -0.3 is 10.1 Å². The maximum atomic E-state index is 13.5. The molecule has 3 aromatic rings. The lowest BCUT2D eigenvalue weighted by Gasteiger charge is -2.31. The highest BCUT2D eigenvalue weighted by molar-refractivity contribution is 5.90. The van der Waals surface area contributed by atoms with Gasteiger partial charge >= 0.3 is 0 Å². The number of hydrogen-bond donors (Lipinski definition) is 2. The van der Waals surface area contributed by atoms with Crippen LogP contribution in [0.3, 0.4) is 0 Å². The van der Waals surface area contributed by atoms with E-state index < -0.39 is 0 Å². The van der Waals surface area contributed by atoms with Gasteiger partial charge in [0.25, 0.3) is 5.95 Å². The summed E-state index contributed by atoms with van der Waals surface area (Å²) in [6.07, 6.45) is 0.686. The summed E-state index contributed by atoms with van der Waals surface area (Å²) in [6.45, 7) is 3.62. The fourth-order valence-electron chi connectivity index (χ4n) is 3.50. The summed E-state index contributed by atoms with van der Waals surface area (Å²) in [5, 5.41) is 10.7. The van der Waals surface area contributed by atoms with E-state index in [1.807, 2.05) is 38.1 Å². The lowest BCUT2D eigenvalue weighted by atomic mass is 9.93. The molecule has 0 radical (unpaired) electrons. The van der Waals surface area contributed by atoms with E-state index in [9.17, 15) is 9.18 Å². The second kappa shape index (κ2) is 8.14. The SMILES string of the molecule is COc1ccc([C@H]2C[C@H](c3ccc(F)cc3)n3nc(NC(=O)C(C)C)nc3N2)cc1. The van der Waals surface area contributed by atoms with Gasteiger partial charge in [-0.05, 0) is 41.8 Å². The second-order valence-corrected chi connectivity index (χ2v) is 7.62. The van der Waals surface area contributed by atoms with Crippen LogP contribution in [0.2, 0.25) is 0 Å². The largest absolute Gasteiger partial charge is 0.497 e. The standard InChI is InChI=1S/C22H24FN5O2/c1-13(2)20(29)25-21-26-22-24-18(14-6-10-17(30-3)11-7-14)12-19(28(22)27-21)15-4-8-16(23)9-5-15/h4-11,13,18-19H,12H2,1-3H3,(H2,24,25,26,27,29)/t18-,19-/m1/s1. The van der Waals surface area contributed by atoms with Crippen molar-refractivity contribution in [2.75, 3.05) is 17.7 Å². The van der Waals surface area contributed by atoms with E-state index >= 15 is 0 Å². The Kier molecular flexibility index (Phi) is 5.39. The van der Waals surface area contributed by atoms with Crippen molar-refractivity contribution in [3.05, 3.63) is 65.5 Å². The molecule has 1 amide bonds. The van der Waals surface area contributed by atoms with Crippen LogP contribution in [0.1, 0.15) is 43.5 Å². The first kappa shape index (κ1) is 19.9. The third kappa shape index (κ3) is 3.98. The normalized spacial score (nSPS) is 17.9. The van der Waals surface area contributed by atoms with E-state index in [4.69, 9.17) is 4.74 Å². The minimum absolute atomic E-state index is 0.0312. The molecular weight excluding hydrogens is 385 g/mol. The van der Waals surface area contributed by atoms with E-state index in [1.165, 1.54) is 12.1 Å². The van der Waals surface area contributed by atoms with E-state index in [1.54, 1.807) is 23.9 Å². The van der Waals surface area contributed by atoms with Crippen molar-refractivity contribution in [2.45, 2.75) is 32.4 Å². The number of fused-ring (bicyclic) bond motifs is 1. The van der Waals surface area contributed by atoms with Crippen molar-refractivity contribution < 1.29 is 13.9 Å². The van der Waals surface area contributed by atoms with Gasteiger partial charge in [0.1, 0.15) is 11.6 Å². The number of aromatic nitrogens is 3. The highest BCUT2D eigenvalue weighted by Gasteiger charge is 2.31. The Hall–Kier alpha value is -3.42. The van der Waals surface area contributed by atoms with Crippen LogP contribution in [0.15, 0.2) is 48.5 Å². The summed E-state index contributed by atoms with van der Waals surface area (Å²) in [6, 6.07) is 14.0. The molecule has 0 fully saturated rings. The molecule has 8 heteroatoms. The van der Waals surface area contributed by atoms with Crippen molar-refractivity contribution in [2.24, 2.45) is 5.92 Å². The van der Waals surface area contributed by atoms with Crippen LogP contribution >= 0.6 is 0 Å². The maximum Gasteiger partial charge on any atom is 0.250 e. The zero-order valence-electron chi connectivity index (χ0n) is 17.1. The summed E-state index contributed by atoms with van der Waals surface area (Å²) in [7, 11) is 1.63. The number of carbonyl (C=O) groups is 1. The molecule has 0 bridgehead atoms. The van der Waals surface area contributed by atoms with Gasteiger partial charge in [-0.25, -0.2) is 9.07 Å².